The van der Waals surface area contributed by atoms with Gasteiger partial charge in [0.25, 0.3) is 5.91 Å². The summed E-state index contributed by atoms with van der Waals surface area (Å²) in [6.45, 7) is 0.118. The van der Waals surface area contributed by atoms with Crippen LogP contribution in [-0.4, -0.2) is 62.7 Å². The van der Waals surface area contributed by atoms with E-state index in [1.165, 1.54) is 30.7 Å². The molecule has 1 aromatic carbocycles. The van der Waals surface area contributed by atoms with Crippen LogP contribution in [0, 0.1) is 0 Å². The molecule has 1 aromatic rings. The van der Waals surface area contributed by atoms with Crippen molar-refractivity contribution >= 4 is 27.7 Å². The lowest BCUT2D eigenvalue weighted by Gasteiger charge is -2.25. The van der Waals surface area contributed by atoms with E-state index in [1.807, 2.05) is 0 Å². The minimum absolute atomic E-state index is 0.0128. The zero-order chi connectivity index (χ0) is 20.9. The van der Waals surface area contributed by atoms with E-state index in [1.54, 1.807) is 0 Å². The molecule has 10 heteroatoms. The average molecular weight is 423 g/mol. The van der Waals surface area contributed by atoms with E-state index in [9.17, 15) is 22.8 Å². The van der Waals surface area contributed by atoms with Crippen molar-refractivity contribution in [1.29, 1.82) is 0 Å². The normalized spacial score (nSPS) is 18.7. The smallest absolute Gasteiger partial charge is 0.251 e. The third kappa shape index (κ3) is 5.54. The lowest BCUT2D eigenvalue weighted by molar-refractivity contribution is -0.123. The van der Waals surface area contributed by atoms with Crippen molar-refractivity contribution in [3.63, 3.8) is 0 Å². The fourth-order valence-corrected chi connectivity index (χ4v) is 4.93. The van der Waals surface area contributed by atoms with Crippen molar-refractivity contribution in [3.8, 4) is 0 Å². The first kappa shape index (κ1) is 21.3. The van der Waals surface area contributed by atoms with Crippen LogP contribution in [-0.2, 0) is 19.6 Å². The quantitative estimate of drug-likeness (QED) is 0.595. The Labute approximate surface area is 170 Å². The van der Waals surface area contributed by atoms with Crippen LogP contribution in [0.2, 0.25) is 0 Å². The molecular weight excluding hydrogens is 396 g/mol. The molecule has 0 aromatic heterocycles. The van der Waals surface area contributed by atoms with E-state index in [0.29, 0.717) is 0 Å². The zero-order valence-electron chi connectivity index (χ0n) is 16.1. The first-order valence-corrected chi connectivity index (χ1v) is 11.2. The summed E-state index contributed by atoms with van der Waals surface area (Å²) in [5.41, 5.74) is 0.255. The molecule has 2 fully saturated rings. The van der Waals surface area contributed by atoms with Crippen molar-refractivity contribution in [2.24, 2.45) is 0 Å². The molecule has 3 rings (SSSR count). The first-order chi connectivity index (χ1) is 13.9. The molecule has 2 aliphatic rings. The molecule has 1 aliphatic carbocycles. The van der Waals surface area contributed by atoms with Crippen LogP contribution >= 0.6 is 0 Å². The van der Waals surface area contributed by atoms with Gasteiger partial charge in [-0.15, -0.1) is 0 Å². The molecular formula is C19H26N4O5S. The van der Waals surface area contributed by atoms with E-state index in [4.69, 9.17) is 0 Å². The van der Waals surface area contributed by atoms with Gasteiger partial charge in [0.1, 0.15) is 0 Å². The Bertz CT molecular complexity index is 863. The van der Waals surface area contributed by atoms with Crippen molar-refractivity contribution < 1.29 is 22.8 Å². The second kappa shape index (κ2) is 9.36. The topological polar surface area (TPSA) is 125 Å². The number of rotatable bonds is 6. The van der Waals surface area contributed by atoms with E-state index >= 15 is 0 Å². The van der Waals surface area contributed by atoms with Gasteiger partial charge in [-0.1, -0.05) is 19.3 Å². The second-order valence-corrected chi connectivity index (χ2v) is 9.24. The first-order valence-electron chi connectivity index (χ1n) is 9.81. The molecule has 0 radical (unpaired) electrons. The third-order valence-corrected chi connectivity index (χ3v) is 7.00. The Kier molecular flexibility index (Phi) is 6.86. The van der Waals surface area contributed by atoms with E-state index in [0.717, 1.165) is 30.0 Å². The van der Waals surface area contributed by atoms with Crippen molar-refractivity contribution in [2.45, 2.75) is 43.0 Å². The summed E-state index contributed by atoms with van der Waals surface area (Å²) in [7, 11) is -3.80. The standard InChI is InChI=1S/C19H26N4O5S/c24-17(22-15-4-2-1-3-5-15)12-21-19(26)14-6-8-16(9-7-14)29(27,28)23-11-10-20-18(25)13-23/h6-9,15H,1-5,10-13H2,(H,20,25)(H,21,26)(H,22,24). The van der Waals surface area contributed by atoms with Crippen LogP contribution in [0.3, 0.4) is 0 Å². The molecule has 0 atom stereocenters. The predicted octanol–water partition coefficient (Wildman–Crippen LogP) is -0.0142. The van der Waals surface area contributed by atoms with Crippen LogP contribution in [0.5, 0.6) is 0 Å². The number of nitrogens with zero attached hydrogens (tertiary/aromatic N) is 1. The summed E-state index contributed by atoms with van der Waals surface area (Å²) in [5.74, 6) is -1.03. The maximum Gasteiger partial charge on any atom is 0.251 e. The summed E-state index contributed by atoms with van der Waals surface area (Å²) in [4.78, 5) is 35.7. The second-order valence-electron chi connectivity index (χ2n) is 7.30. The fourth-order valence-electron chi connectivity index (χ4n) is 3.54. The van der Waals surface area contributed by atoms with Gasteiger partial charge in [0.2, 0.25) is 21.8 Å². The molecule has 3 amide bonds. The highest BCUT2D eigenvalue weighted by Gasteiger charge is 2.29. The van der Waals surface area contributed by atoms with Gasteiger partial charge in [-0.3, -0.25) is 14.4 Å². The van der Waals surface area contributed by atoms with Gasteiger partial charge < -0.3 is 16.0 Å². The maximum atomic E-state index is 12.6. The number of hydrogen-bond acceptors (Lipinski definition) is 5. The van der Waals surface area contributed by atoms with Gasteiger partial charge in [0.15, 0.2) is 0 Å². The lowest BCUT2D eigenvalue weighted by Crippen LogP contribution is -2.49. The maximum absolute atomic E-state index is 12.6. The van der Waals surface area contributed by atoms with E-state index < -0.39 is 15.9 Å². The molecule has 1 heterocycles. The molecule has 0 spiro atoms. The average Bonchev–Trinajstić information content (AvgIpc) is 2.73. The molecule has 3 N–H and O–H groups in total. The summed E-state index contributed by atoms with van der Waals surface area (Å²) in [5, 5.41) is 8.05. The van der Waals surface area contributed by atoms with Crippen molar-refractivity contribution in [1.82, 2.24) is 20.3 Å². The summed E-state index contributed by atoms with van der Waals surface area (Å²) < 4.78 is 26.3. The van der Waals surface area contributed by atoms with Gasteiger partial charge in [-0.2, -0.15) is 4.31 Å². The SMILES string of the molecule is O=C1CN(S(=O)(=O)c2ccc(C(=O)NCC(=O)NC3CCCCC3)cc2)CCN1. The number of carbonyl (C=O) groups is 3. The molecule has 158 valence electrons. The van der Waals surface area contributed by atoms with Crippen LogP contribution in [0.1, 0.15) is 42.5 Å². The van der Waals surface area contributed by atoms with Gasteiger partial charge in [0, 0.05) is 24.7 Å². The number of piperazine rings is 1. The van der Waals surface area contributed by atoms with Crippen LogP contribution < -0.4 is 16.0 Å². The zero-order valence-corrected chi connectivity index (χ0v) is 17.0. The number of sulfonamides is 1. The van der Waals surface area contributed by atoms with E-state index in [2.05, 4.69) is 16.0 Å². The Morgan fingerprint density at radius 1 is 1.10 bits per heavy atom. The van der Waals surface area contributed by atoms with Gasteiger partial charge in [-0.05, 0) is 37.1 Å². The largest absolute Gasteiger partial charge is 0.354 e. The van der Waals surface area contributed by atoms with Crippen LogP contribution in [0.15, 0.2) is 29.2 Å². The predicted molar refractivity (Wildman–Crippen MR) is 106 cm³/mol. The summed E-state index contributed by atoms with van der Waals surface area (Å²) in [6, 6.07) is 5.63. The van der Waals surface area contributed by atoms with Crippen molar-refractivity contribution in [2.75, 3.05) is 26.2 Å². The fraction of sp³-hybridized carbons (Fsp3) is 0.526. The molecule has 0 bridgehead atoms. The highest BCUT2D eigenvalue weighted by Crippen LogP contribution is 2.18. The Balaban J connectivity index is 1.54. The Morgan fingerprint density at radius 2 is 1.79 bits per heavy atom. The minimum Gasteiger partial charge on any atom is -0.354 e. The Hall–Kier alpha value is -2.46. The van der Waals surface area contributed by atoms with Gasteiger partial charge in [0.05, 0.1) is 18.0 Å². The van der Waals surface area contributed by atoms with Crippen molar-refractivity contribution in [3.05, 3.63) is 29.8 Å². The number of nitrogens with one attached hydrogen (secondary N) is 3. The number of benzene rings is 1. The molecule has 0 unspecified atom stereocenters. The number of amides is 3. The van der Waals surface area contributed by atoms with Gasteiger partial charge >= 0.3 is 0 Å². The Morgan fingerprint density at radius 3 is 2.45 bits per heavy atom. The third-order valence-electron chi connectivity index (χ3n) is 5.14. The number of hydrogen-bond donors (Lipinski definition) is 3. The van der Waals surface area contributed by atoms with E-state index in [-0.39, 0.29) is 54.5 Å². The molecule has 29 heavy (non-hydrogen) atoms. The van der Waals surface area contributed by atoms with Crippen LogP contribution in [0.4, 0.5) is 0 Å². The lowest BCUT2D eigenvalue weighted by atomic mass is 9.95. The highest BCUT2D eigenvalue weighted by molar-refractivity contribution is 7.89. The summed E-state index contributed by atoms with van der Waals surface area (Å²) >= 11 is 0. The summed E-state index contributed by atoms with van der Waals surface area (Å²) in [6.07, 6.45) is 5.34. The monoisotopic (exact) mass is 422 g/mol. The molecule has 1 saturated heterocycles. The number of carbonyl (C=O) groups excluding carboxylic acids is 3. The molecule has 1 aliphatic heterocycles. The minimum atomic E-state index is -3.80. The van der Waals surface area contributed by atoms with Crippen LogP contribution in [0.25, 0.3) is 0 Å². The highest BCUT2D eigenvalue weighted by atomic mass is 32.2. The molecule has 1 saturated carbocycles. The molecule has 9 nitrogen and oxygen atoms in total. The van der Waals surface area contributed by atoms with Gasteiger partial charge in [-0.25, -0.2) is 8.42 Å².